The Labute approximate surface area is 106 Å². The lowest BCUT2D eigenvalue weighted by molar-refractivity contribution is 0.0657. The first-order valence-corrected chi connectivity index (χ1v) is 7.35. The number of aliphatic hydroxyl groups excluding tert-OH is 1. The maximum atomic E-state index is 10.1. The molecule has 0 spiro atoms. The van der Waals surface area contributed by atoms with Gasteiger partial charge in [-0.2, -0.15) is 0 Å². The first kappa shape index (κ1) is 13.3. The third-order valence-electron chi connectivity index (χ3n) is 4.63. The predicted molar refractivity (Wildman–Crippen MR) is 71.1 cm³/mol. The van der Waals surface area contributed by atoms with Crippen LogP contribution in [-0.2, 0) is 0 Å². The smallest absolute Gasteiger partial charge is 0.0692 e. The molecule has 100 valence electrons. The van der Waals surface area contributed by atoms with Gasteiger partial charge in [-0.25, -0.2) is 0 Å². The Balaban J connectivity index is 1.84. The summed E-state index contributed by atoms with van der Waals surface area (Å²) in [6, 6.07) is 0.765. The van der Waals surface area contributed by atoms with Gasteiger partial charge in [-0.05, 0) is 44.8 Å². The number of hydrogen-bond donors (Lipinski definition) is 1. The monoisotopic (exact) mass is 240 g/mol. The Hall–Kier alpha value is -0.120. The van der Waals surface area contributed by atoms with Gasteiger partial charge in [0, 0.05) is 19.1 Å². The van der Waals surface area contributed by atoms with E-state index in [4.69, 9.17) is 0 Å². The lowest BCUT2D eigenvalue weighted by Gasteiger charge is -2.29. The molecule has 2 fully saturated rings. The Morgan fingerprint density at radius 3 is 2.76 bits per heavy atom. The second-order valence-corrected chi connectivity index (χ2v) is 5.90. The number of β-amino-alcohol motifs (C(OH)–C–C–N with tert-alkyl or cyclic N) is 1. The van der Waals surface area contributed by atoms with Crippen molar-refractivity contribution in [1.82, 2.24) is 9.80 Å². The molecule has 3 nitrogen and oxygen atoms in total. The summed E-state index contributed by atoms with van der Waals surface area (Å²) < 4.78 is 0. The number of rotatable bonds is 4. The quantitative estimate of drug-likeness (QED) is 0.808. The second kappa shape index (κ2) is 6.17. The highest BCUT2D eigenvalue weighted by Crippen LogP contribution is 2.22. The molecule has 2 aliphatic heterocycles. The fourth-order valence-corrected chi connectivity index (χ4v) is 3.17. The van der Waals surface area contributed by atoms with Gasteiger partial charge in [0.1, 0.15) is 0 Å². The highest BCUT2D eigenvalue weighted by atomic mass is 16.3. The van der Waals surface area contributed by atoms with Crippen molar-refractivity contribution in [2.24, 2.45) is 5.92 Å². The van der Waals surface area contributed by atoms with E-state index in [9.17, 15) is 5.11 Å². The lowest BCUT2D eigenvalue weighted by Crippen LogP contribution is -2.41. The van der Waals surface area contributed by atoms with E-state index in [-0.39, 0.29) is 6.10 Å². The van der Waals surface area contributed by atoms with E-state index >= 15 is 0 Å². The van der Waals surface area contributed by atoms with Crippen LogP contribution in [0.3, 0.4) is 0 Å². The van der Waals surface area contributed by atoms with E-state index in [1.165, 1.54) is 45.4 Å². The van der Waals surface area contributed by atoms with Crippen molar-refractivity contribution in [3.63, 3.8) is 0 Å². The molecule has 2 rings (SSSR count). The normalized spacial score (nSPS) is 30.9. The van der Waals surface area contributed by atoms with Crippen LogP contribution in [0, 0.1) is 5.92 Å². The minimum absolute atomic E-state index is 0.145. The standard InChI is InChI=1S/C14H28N2O/c1-3-12(2)14(17)11-15-7-5-9-16-8-4-6-13(16)10-15/h12-14,17H,3-11H2,1-2H3. The van der Waals surface area contributed by atoms with Gasteiger partial charge in [0.2, 0.25) is 0 Å². The lowest BCUT2D eigenvalue weighted by atomic mass is 10.0. The average Bonchev–Trinajstić information content (AvgIpc) is 2.67. The van der Waals surface area contributed by atoms with Crippen LogP contribution < -0.4 is 0 Å². The highest BCUT2D eigenvalue weighted by Gasteiger charge is 2.29. The van der Waals surface area contributed by atoms with Crippen molar-refractivity contribution in [3.8, 4) is 0 Å². The van der Waals surface area contributed by atoms with Crippen molar-refractivity contribution in [2.45, 2.75) is 51.7 Å². The first-order chi connectivity index (χ1) is 8.20. The van der Waals surface area contributed by atoms with Crippen LogP contribution in [0.4, 0.5) is 0 Å². The van der Waals surface area contributed by atoms with Gasteiger partial charge in [-0.3, -0.25) is 9.80 Å². The third-order valence-corrected chi connectivity index (χ3v) is 4.63. The molecular formula is C14H28N2O. The molecule has 0 radical (unpaired) electrons. The summed E-state index contributed by atoms with van der Waals surface area (Å²) in [5.74, 6) is 0.429. The molecule has 3 atom stereocenters. The van der Waals surface area contributed by atoms with Gasteiger partial charge in [0.25, 0.3) is 0 Å². The van der Waals surface area contributed by atoms with E-state index < -0.39 is 0 Å². The SMILES string of the molecule is CCC(C)C(O)CN1CCCN2CCCC2C1. The van der Waals surface area contributed by atoms with Crippen LogP contribution in [-0.4, -0.2) is 59.8 Å². The molecule has 0 aliphatic carbocycles. The van der Waals surface area contributed by atoms with E-state index in [0.717, 1.165) is 19.0 Å². The Bertz CT molecular complexity index is 234. The summed E-state index contributed by atoms with van der Waals surface area (Å²) in [5.41, 5.74) is 0. The molecule has 0 amide bonds. The topological polar surface area (TPSA) is 26.7 Å². The molecule has 0 aromatic carbocycles. The van der Waals surface area contributed by atoms with Crippen molar-refractivity contribution < 1.29 is 5.11 Å². The molecule has 1 N–H and O–H groups in total. The molecule has 2 aliphatic rings. The summed E-state index contributed by atoms with van der Waals surface area (Å²) >= 11 is 0. The Morgan fingerprint density at radius 2 is 2.00 bits per heavy atom. The van der Waals surface area contributed by atoms with Gasteiger partial charge in [0.15, 0.2) is 0 Å². The van der Waals surface area contributed by atoms with Crippen molar-refractivity contribution in [2.75, 3.05) is 32.7 Å². The van der Waals surface area contributed by atoms with Gasteiger partial charge in [-0.1, -0.05) is 20.3 Å². The van der Waals surface area contributed by atoms with Crippen LogP contribution in [0.1, 0.15) is 39.5 Å². The summed E-state index contributed by atoms with van der Waals surface area (Å²) in [6.07, 6.45) is 4.92. The van der Waals surface area contributed by atoms with Gasteiger partial charge in [0.05, 0.1) is 6.10 Å². The average molecular weight is 240 g/mol. The van der Waals surface area contributed by atoms with Crippen LogP contribution in [0.2, 0.25) is 0 Å². The molecule has 0 aromatic heterocycles. The minimum atomic E-state index is -0.145. The molecule has 0 aromatic rings. The molecule has 2 heterocycles. The molecule has 0 bridgehead atoms. The molecule has 3 unspecified atom stereocenters. The van der Waals surface area contributed by atoms with E-state index in [1.807, 2.05) is 0 Å². The Kier molecular flexibility index (Phi) is 4.83. The van der Waals surface area contributed by atoms with Crippen molar-refractivity contribution in [1.29, 1.82) is 0 Å². The zero-order chi connectivity index (χ0) is 12.3. The first-order valence-electron chi connectivity index (χ1n) is 7.35. The number of hydrogen-bond acceptors (Lipinski definition) is 3. The highest BCUT2D eigenvalue weighted by molar-refractivity contribution is 4.85. The predicted octanol–water partition coefficient (Wildman–Crippen LogP) is 1.56. The molecular weight excluding hydrogens is 212 g/mol. The summed E-state index contributed by atoms with van der Waals surface area (Å²) in [6.45, 7) is 10.1. The van der Waals surface area contributed by atoms with E-state index in [2.05, 4.69) is 23.6 Å². The van der Waals surface area contributed by atoms with Crippen LogP contribution >= 0.6 is 0 Å². The number of aliphatic hydroxyl groups is 1. The third kappa shape index (κ3) is 3.43. The number of nitrogens with zero attached hydrogens (tertiary/aromatic N) is 2. The zero-order valence-corrected chi connectivity index (χ0v) is 11.4. The molecule has 2 saturated heterocycles. The molecule has 3 heteroatoms. The summed E-state index contributed by atoms with van der Waals surface area (Å²) in [7, 11) is 0. The van der Waals surface area contributed by atoms with E-state index in [0.29, 0.717) is 5.92 Å². The summed E-state index contributed by atoms with van der Waals surface area (Å²) in [4.78, 5) is 5.14. The van der Waals surface area contributed by atoms with Crippen LogP contribution in [0.15, 0.2) is 0 Å². The largest absolute Gasteiger partial charge is 0.392 e. The number of fused-ring (bicyclic) bond motifs is 1. The second-order valence-electron chi connectivity index (χ2n) is 5.90. The van der Waals surface area contributed by atoms with Crippen molar-refractivity contribution in [3.05, 3.63) is 0 Å². The zero-order valence-electron chi connectivity index (χ0n) is 11.4. The fourth-order valence-electron chi connectivity index (χ4n) is 3.17. The molecule has 17 heavy (non-hydrogen) atoms. The van der Waals surface area contributed by atoms with Gasteiger partial charge < -0.3 is 5.11 Å². The van der Waals surface area contributed by atoms with Crippen LogP contribution in [0.5, 0.6) is 0 Å². The maximum absolute atomic E-state index is 10.1. The summed E-state index contributed by atoms with van der Waals surface area (Å²) in [5, 5.41) is 10.1. The Morgan fingerprint density at radius 1 is 1.24 bits per heavy atom. The van der Waals surface area contributed by atoms with Gasteiger partial charge >= 0.3 is 0 Å². The fraction of sp³-hybridized carbons (Fsp3) is 1.00. The maximum Gasteiger partial charge on any atom is 0.0692 e. The van der Waals surface area contributed by atoms with E-state index in [1.54, 1.807) is 0 Å². The van der Waals surface area contributed by atoms with Crippen molar-refractivity contribution >= 4 is 0 Å². The molecule has 0 saturated carbocycles. The van der Waals surface area contributed by atoms with Crippen LogP contribution in [0.25, 0.3) is 0 Å². The van der Waals surface area contributed by atoms with Gasteiger partial charge in [-0.15, -0.1) is 0 Å². The minimum Gasteiger partial charge on any atom is -0.392 e.